The molecule has 140 valence electrons. The van der Waals surface area contributed by atoms with Gasteiger partial charge in [0, 0.05) is 30.2 Å². The number of aliphatic imine (C=N–C) groups is 1. The third kappa shape index (κ3) is 4.81. The maximum absolute atomic E-state index is 12.6. The van der Waals surface area contributed by atoms with E-state index < -0.39 is 5.25 Å². The van der Waals surface area contributed by atoms with Crippen LogP contribution in [0.25, 0.3) is 0 Å². The number of hydrogen-bond donors (Lipinski definition) is 1. The molecule has 2 amide bonds. The SMILES string of the molecule is COc1cccc(N=C2S[C@@H](C(=O)Nc3cccc(Cl)c3)CC(=O)N2C)c1. The van der Waals surface area contributed by atoms with Crippen LogP contribution >= 0.6 is 23.4 Å². The number of thioether (sulfide) groups is 1. The summed E-state index contributed by atoms with van der Waals surface area (Å²) in [6.45, 7) is 0. The monoisotopic (exact) mass is 403 g/mol. The molecule has 0 bridgehead atoms. The Morgan fingerprint density at radius 1 is 1.30 bits per heavy atom. The molecule has 0 radical (unpaired) electrons. The van der Waals surface area contributed by atoms with E-state index in [0.29, 0.717) is 27.3 Å². The minimum Gasteiger partial charge on any atom is -0.497 e. The number of methoxy groups -OCH3 is 1. The summed E-state index contributed by atoms with van der Waals surface area (Å²) >= 11 is 7.20. The Hall–Kier alpha value is -2.51. The van der Waals surface area contributed by atoms with E-state index in [9.17, 15) is 9.59 Å². The molecule has 27 heavy (non-hydrogen) atoms. The molecule has 1 saturated heterocycles. The van der Waals surface area contributed by atoms with Gasteiger partial charge < -0.3 is 10.1 Å². The Morgan fingerprint density at radius 3 is 2.81 bits per heavy atom. The van der Waals surface area contributed by atoms with Gasteiger partial charge >= 0.3 is 0 Å². The lowest BCUT2D eigenvalue weighted by Crippen LogP contribution is -2.43. The molecule has 0 aliphatic carbocycles. The van der Waals surface area contributed by atoms with E-state index in [1.165, 1.54) is 16.7 Å². The highest BCUT2D eigenvalue weighted by atomic mass is 35.5. The number of ether oxygens (including phenoxy) is 1. The fraction of sp³-hybridized carbons (Fsp3) is 0.211. The van der Waals surface area contributed by atoms with Crippen LogP contribution in [0.4, 0.5) is 11.4 Å². The quantitative estimate of drug-likeness (QED) is 0.839. The van der Waals surface area contributed by atoms with E-state index >= 15 is 0 Å². The molecule has 0 spiro atoms. The number of nitrogens with zero attached hydrogens (tertiary/aromatic N) is 2. The van der Waals surface area contributed by atoms with Gasteiger partial charge in [-0.3, -0.25) is 14.5 Å². The Labute approximate surface area is 166 Å². The summed E-state index contributed by atoms with van der Waals surface area (Å²) in [5.74, 6) is 0.241. The normalized spacial score (nSPS) is 18.5. The van der Waals surface area contributed by atoms with Crippen LogP contribution in [0.1, 0.15) is 6.42 Å². The summed E-state index contributed by atoms with van der Waals surface area (Å²) in [4.78, 5) is 30.9. The van der Waals surface area contributed by atoms with Gasteiger partial charge in [0.05, 0.1) is 12.8 Å². The number of carbonyl (C=O) groups is 2. The molecule has 2 aromatic carbocycles. The number of rotatable bonds is 4. The van der Waals surface area contributed by atoms with Crippen LogP contribution in [0.3, 0.4) is 0 Å². The smallest absolute Gasteiger partial charge is 0.238 e. The molecule has 1 aliphatic rings. The van der Waals surface area contributed by atoms with Gasteiger partial charge in [0.1, 0.15) is 11.0 Å². The van der Waals surface area contributed by atoms with Crippen molar-refractivity contribution in [2.45, 2.75) is 11.7 Å². The lowest BCUT2D eigenvalue weighted by Gasteiger charge is -2.28. The molecule has 0 unspecified atom stereocenters. The van der Waals surface area contributed by atoms with E-state index in [4.69, 9.17) is 16.3 Å². The van der Waals surface area contributed by atoms with Gasteiger partial charge in [0.2, 0.25) is 11.8 Å². The minimum absolute atomic E-state index is 0.102. The number of nitrogens with one attached hydrogen (secondary N) is 1. The molecule has 3 rings (SSSR count). The summed E-state index contributed by atoms with van der Waals surface area (Å²) in [7, 11) is 3.23. The second-order valence-corrected chi connectivity index (χ2v) is 7.47. The van der Waals surface area contributed by atoms with Crippen LogP contribution in [-0.2, 0) is 9.59 Å². The number of amides is 2. The van der Waals surface area contributed by atoms with Crippen LogP contribution in [0, 0.1) is 0 Å². The Kier molecular flexibility index (Phi) is 6.03. The van der Waals surface area contributed by atoms with E-state index in [2.05, 4.69) is 10.3 Å². The fourth-order valence-corrected chi connectivity index (χ4v) is 3.73. The molecule has 1 N–H and O–H groups in total. The number of carbonyl (C=O) groups excluding carboxylic acids is 2. The highest BCUT2D eigenvalue weighted by Gasteiger charge is 2.34. The number of halogens is 1. The van der Waals surface area contributed by atoms with Crippen LogP contribution in [-0.4, -0.2) is 41.3 Å². The zero-order valence-electron chi connectivity index (χ0n) is 14.8. The molecule has 1 aliphatic heterocycles. The third-order valence-corrected chi connectivity index (χ3v) is 5.41. The fourth-order valence-electron chi connectivity index (χ4n) is 2.48. The van der Waals surface area contributed by atoms with Crippen LogP contribution in [0.15, 0.2) is 53.5 Å². The number of amidine groups is 1. The first-order valence-electron chi connectivity index (χ1n) is 8.18. The van der Waals surface area contributed by atoms with Gasteiger partial charge in [-0.05, 0) is 30.3 Å². The van der Waals surface area contributed by atoms with Crippen molar-refractivity contribution in [1.29, 1.82) is 0 Å². The minimum atomic E-state index is -0.572. The number of hydrogen-bond acceptors (Lipinski definition) is 5. The van der Waals surface area contributed by atoms with Gasteiger partial charge in [-0.1, -0.05) is 35.5 Å². The standard InChI is InChI=1S/C19H18ClN3O3S/c1-23-17(24)11-16(18(25)21-13-6-3-5-12(20)9-13)27-19(23)22-14-7-4-8-15(10-14)26-2/h3-10,16H,11H2,1-2H3,(H,21,25)/t16-/m1/s1. The molecule has 1 fully saturated rings. The van der Waals surface area contributed by atoms with E-state index in [-0.39, 0.29) is 18.2 Å². The second-order valence-electron chi connectivity index (χ2n) is 5.86. The molecule has 0 saturated carbocycles. The summed E-state index contributed by atoms with van der Waals surface area (Å²) in [6.07, 6.45) is 0.102. The number of benzene rings is 2. The van der Waals surface area contributed by atoms with Crippen molar-refractivity contribution in [1.82, 2.24) is 4.90 Å². The van der Waals surface area contributed by atoms with Crippen molar-refractivity contribution in [3.63, 3.8) is 0 Å². The predicted molar refractivity (Wildman–Crippen MR) is 109 cm³/mol. The number of anilines is 1. The highest BCUT2D eigenvalue weighted by molar-refractivity contribution is 8.15. The average Bonchev–Trinajstić information content (AvgIpc) is 2.65. The lowest BCUT2D eigenvalue weighted by atomic mass is 10.2. The summed E-state index contributed by atoms with van der Waals surface area (Å²) in [5, 5.41) is 3.22. The highest BCUT2D eigenvalue weighted by Crippen LogP contribution is 2.30. The van der Waals surface area contributed by atoms with E-state index in [0.717, 1.165) is 0 Å². The molecular weight excluding hydrogens is 386 g/mol. The molecule has 6 nitrogen and oxygen atoms in total. The molecule has 8 heteroatoms. The predicted octanol–water partition coefficient (Wildman–Crippen LogP) is 3.94. The zero-order valence-corrected chi connectivity index (χ0v) is 16.4. The van der Waals surface area contributed by atoms with Crippen molar-refractivity contribution in [3.8, 4) is 5.75 Å². The Morgan fingerprint density at radius 2 is 2.07 bits per heavy atom. The van der Waals surface area contributed by atoms with Gasteiger partial charge in [0.25, 0.3) is 0 Å². The van der Waals surface area contributed by atoms with E-state index in [1.54, 1.807) is 44.5 Å². The van der Waals surface area contributed by atoms with Crippen molar-refractivity contribution >= 4 is 51.7 Å². The van der Waals surface area contributed by atoms with Gasteiger partial charge in [-0.25, -0.2) is 4.99 Å². The van der Waals surface area contributed by atoms with Crippen molar-refractivity contribution in [2.75, 3.05) is 19.5 Å². The van der Waals surface area contributed by atoms with Crippen LogP contribution < -0.4 is 10.1 Å². The first-order valence-corrected chi connectivity index (χ1v) is 9.44. The van der Waals surface area contributed by atoms with Crippen molar-refractivity contribution in [3.05, 3.63) is 53.6 Å². The van der Waals surface area contributed by atoms with Crippen molar-refractivity contribution < 1.29 is 14.3 Å². The van der Waals surface area contributed by atoms with Gasteiger partial charge in [0.15, 0.2) is 5.17 Å². The first kappa shape index (κ1) is 19.3. The van der Waals surface area contributed by atoms with Gasteiger partial charge in [-0.2, -0.15) is 0 Å². The molecule has 2 aromatic rings. The molecule has 0 aromatic heterocycles. The van der Waals surface area contributed by atoms with Gasteiger partial charge in [-0.15, -0.1) is 0 Å². The molecule has 1 atom stereocenters. The maximum atomic E-state index is 12.6. The summed E-state index contributed by atoms with van der Waals surface area (Å²) < 4.78 is 5.20. The lowest BCUT2D eigenvalue weighted by molar-refractivity contribution is -0.128. The average molecular weight is 404 g/mol. The second kappa shape index (κ2) is 8.45. The topological polar surface area (TPSA) is 71.0 Å². The zero-order chi connectivity index (χ0) is 19.4. The Balaban J connectivity index is 1.79. The summed E-state index contributed by atoms with van der Waals surface area (Å²) in [5.41, 5.74) is 1.23. The summed E-state index contributed by atoms with van der Waals surface area (Å²) in [6, 6.07) is 14.1. The first-order chi connectivity index (χ1) is 13.0. The third-order valence-electron chi connectivity index (χ3n) is 3.93. The molecular formula is C19H18ClN3O3S. The maximum Gasteiger partial charge on any atom is 0.238 e. The van der Waals surface area contributed by atoms with Crippen LogP contribution in [0.5, 0.6) is 5.75 Å². The van der Waals surface area contributed by atoms with Crippen molar-refractivity contribution in [2.24, 2.45) is 4.99 Å². The van der Waals surface area contributed by atoms with Crippen LogP contribution in [0.2, 0.25) is 5.02 Å². The largest absolute Gasteiger partial charge is 0.497 e. The molecule has 1 heterocycles. The Bertz CT molecular complexity index is 903. The van der Waals surface area contributed by atoms with E-state index in [1.807, 2.05) is 18.2 Å².